The number of amides is 2. The van der Waals surface area contributed by atoms with E-state index in [0.717, 1.165) is 12.0 Å². The third kappa shape index (κ3) is 5.24. The molecule has 3 aromatic rings. The molecule has 30 heavy (non-hydrogen) atoms. The van der Waals surface area contributed by atoms with E-state index in [1.165, 1.54) is 29.2 Å². The van der Waals surface area contributed by atoms with Gasteiger partial charge in [-0.3, -0.25) is 9.59 Å². The van der Waals surface area contributed by atoms with Crippen molar-refractivity contribution in [2.45, 2.75) is 13.3 Å². The lowest BCUT2D eigenvalue weighted by Gasteiger charge is -2.23. The second-order valence-corrected chi connectivity index (χ2v) is 7.13. The number of hydrogen-bond acceptors (Lipinski definition) is 2. The number of carbonyl (C=O) groups excluding carboxylic acids is 2. The fourth-order valence-corrected chi connectivity index (χ4v) is 3.24. The van der Waals surface area contributed by atoms with E-state index in [1.54, 1.807) is 36.4 Å². The minimum absolute atomic E-state index is 0.203. The van der Waals surface area contributed by atoms with Gasteiger partial charge in [0, 0.05) is 24.3 Å². The van der Waals surface area contributed by atoms with Crippen LogP contribution in [-0.4, -0.2) is 24.9 Å². The molecule has 1 N–H and O–H groups in total. The van der Waals surface area contributed by atoms with E-state index in [0.29, 0.717) is 21.8 Å². The van der Waals surface area contributed by atoms with Crippen molar-refractivity contribution >= 4 is 29.1 Å². The topological polar surface area (TPSA) is 49.4 Å². The summed E-state index contributed by atoms with van der Waals surface area (Å²) in [5.74, 6) is -0.941. The summed E-state index contributed by atoms with van der Waals surface area (Å²) in [4.78, 5) is 27.0. The predicted molar refractivity (Wildman–Crippen MR) is 118 cm³/mol. The molecule has 6 heteroatoms. The first-order chi connectivity index (χ1) is 14.5. The second kappa shape index (κ2) is 10.0. The van der Waals surface area contributed by atoms with Crippen LogP contribution in [-0.2, 0) is 6.42 Å². The fraction of sp³-hybridized carbons (Fsp3) is 0.167. The highest BCUT2D eigenvalue weighted by Gasteiger charge is 2.20. The largest absolute Gasteiger partial charge is 0.350 e. The number of anilines is 1. The summed E-state index contributed by atoms with van der Waals surface area (Å²) in [6.07, 6.45) is 0.901. The molecule has 0 bridgehead atoms. The Morgan fingerprint density at radius 3 is 2.27 bits per heavy atom. The molecule has 0 aliphatic rings. The molecular weight excluding hydrogens is 403 g/mol. The van der Waals surface area contributed by atoms with Gasteiger partial charge in [-0.25, -0.2) is 4.39 Å². The van der Waals surface area contributed by atoms with Gasteiger partial charge in [-0.05, 0) is 60.5 Å². The lowest BCUT2D eigenvalue weighted by atomic mass is 10.1. The smallest absolute Gasteiger partial charge is 0.259 e. The Labute approximate surface area is 180 Å². The van der Waals surface area contributed by atoms with E-state index in [1.807, 2.05) is 12.1 Å². The Morgan fingerprint density at radius 2 is 1.63 bits per heavy atom. The normalized spacial score (nSPS) is 10.5. The minimum atomic E-state index is -0.396. The standard InChI is InChI=1S/C24H22ClFN2O2/c1-2-17-7-9-18(10-8-17)23(29)27-15-16-28(20-13-11-19(26)12-14-20)24(30)21-5-3-4-6-22(21)25/h3-14H,2,15-16H2,1H3,(H,27,29). The van der Waals surface area contributed by atoms with Crippen LogP contribution in [0.15, 0.2) is 72.8 Å². The first kappa shape index (κ1) is 21.5. The number of nitrogens with one attached hydrogen (secondary N) is 1. The summed E-state index contributed by atoms with van der Waals surface area (Å²) in [6.45, 7) is 2.48. The summed E-state index contributed by atoms with van der Waals surface area (Å²) < 4.78 is 13.4. The highest BCUT2D eigenvalue weighted by atomic mass is 35.5. The Morgan fingerprint density at radius 1 is 0.967 bits per heavy atom. The monoisotopic (exact) mass is 424 g/mol. The van der Waals surface area contributed by atoms with Crippen LogP contribution in [0.2, 0.25) is 5.02 Å². The summed E-state index contributed by atoms with van der Waals surface area (Å²) in [7, 11) is 0. The van der Waals surface area contributed by atoms with Crippen molar-refractivity contribution in [1.29, 1.82) is 0 Å². The quantitative estimate of drug-likeness (QED) is 0.572. The summed E-state index contributed by atoms with van der Waals surface area (Å²) in [5.41, 5.74) is 2.56. The first-order valence-corrected chi connectivity index (χ1v) is 10.1. The van der Waals surface area contributed by atoms with Crippen LogP contribution in [0.25, 0.3) is 0 Å². The van der Waals surface area contributed by atoms with Gasteiger partial charge in [-0.1, -0.05) is 42.8 Å². The van der Waals surface area contributed by atoms with Gasteiger partial charge in [-0.15, -0.1) is 0 Å². The number of rotatable bonds is 7. The van der Waals surface area contributed by atoms with Crippen molar-refractivity contribution in [1.82, 2.24) is 5.32 Å². The molecule has 0 unspecified atom stereocenters. The minimum Gasteiger partial charge on any atom is -0.350 e. The van der Waals surface area contributed by atoms with Crippen molar-refractivity contribution in [2.75, 3.05) is 18.0 Å². The Hall–Kier alpha value is -3.18. The van der Waals surface area contributed by atoms with Gasteiger partial charge in [0.15, 0.2) is 0 Å². The van der Waals surface area contributed by atoms with Gasteiger partial charge < -0.3 is 10.2 Å². The molecule has 0 saturated carbocycles. The molecule has 0 saturated heterocycles. The van der Waals surface area contributed by atoms with Gasteiger partial charge in [-0.2, -0.15) is 0 Å². The number of nitrogens with zero attached hydrogens (tertiary/aromatic N) is 1. The molecule has 0 aromatic heterocycles. The number of benzene rings is 3. The zero-order valence-electron chi connectivity index (χ0n) is 16.6. The molecule has 0 spiro atoms. The van der Waals surface area contributed by atoms with Crippen molar-refractivity contribution in [3.8, 4) is 0 Å². The average Bonchev–Trinajstić information content (AvgIpc) is 2.77. The fourth-order valence-electron chi connectivity index (χ4n) is 3.02. The molecule has 154 valence electrons. The first-order valence-electron chi connectivity index (χ1n) is 9.68. The van der Waals surface area contributed by atoms with Crippen LogP contribution >= 0.6 is 11.6 Å². The van der Waals surface area contributed by atoms with E-state index >= 15 is 0 Å². The Balaban J connectivity index is 1.74. The molecule has 3 rings (SSSR count). The van der Waals surface area contributed by atoms with E-state index in [-0.39, 0.29) is 24.9 Å². The Bertz CT molecular complexity index is 1020. The molecule has 3 aromatic carbocycles. The number of halogens is 2. The van der Waals surface area contributed by atoms with Crippen molar-refractivity contribution < 1.29 is 14.0 Å². The lowest BCUT2D eigenvalue weighted by molar-refractivity contribution is 0.0943. The van der Waals surface area contributed by atoms with Crippen LogP contribution in [0, 0.1) is 5.82 Å². The predicted octanol–water partition coefficient (Wildman–Crippen LogP) is 5.12. The summed E-state index contributed by atoms with van der Waals surface area (Å²) in [5, 5.41) is 3.16. The molecule has 0 atom stereocenters. The number of hydrogen-bond donors (Lipinski definition) is 1. The van der Waals surface area contributed by atoms with Gasteiger partial charge in [0.2, 0.25) is 0 Å². The Kier molecular flexibility index (Phi) is 7.20. The van der Waals surface area contributed by atoms with Crippen molar-refractivity contribution in [3.63, 3.8) is 0 Å². The third-order valence-electron chi connectivity index (χ3n) is 4.73. The lowest BCUT2D eigenvalue weighted by Crippen LogP contribution is -2.39. The van der Waals surface area contributed by atoms with Crippen LogP contribution in [0.4, 0.5) is 10.1 Å². The summed E-state index contributed by atoms with van der Waals surface area (Å²) in [6, 6.07) is 19.8. The maximum Gasteiger partial charge on any atom is 0.259 e. The van der Waals surface area contributed by atoms with E-state index in [2.05, 4.69) is 12.2 Å². The molecule has 0 aliphatic heterocycles. The molecular formula is C24H22ClFN2O2. The van der Waals surface area contributed by atoms with Crippen molar-refractivity contribution in [2.24, 2.45) is 0 Å². The molecule has 0 fully saturated rings. The average molecular weight is 425 g/mol. The molecule has 0 aliphatic carbocycles. The number of carbonyl (C=O) groups is 2. The van der Waals surface area contributed by atoms with Crippen LogP contribution in [0.3, 0.4) is 0 Å². The van der Waals surface area contributed by atoms with Gasteiger partial charge in [0.25, 0.3) is 11.8 Å². The molecule has 0 radical (unpaired) electrons. The van der Waals surface area contributed by atoms with Gasteiger partial charge in [0.1, 0.15) is 5.82 Å². The van der Waals surface area contributed by atoms with Gasteiger partial charge in [0.05, 0.1) is 10.6 Å². The maximum atomic E-state index is 13.4. The second-order valence-electron chi connectivity index (χ2n) is 6.72. The molecule has 2 amide bonds. The number of aryl methyl sites for hydroxylation is 1. The zero-order valence-corrected chi connectivity index (χ0v) is 17.3. The van der Waals surface area contributed by atoms with Gasteiger partial charge >= 0.3 is 0 Å². The van der Waals surface area contributed by atoms with E-state index in [9.17, 15) is 14.0 Å². The van der Waals surface area contributed by atoms with E-state index < -0.39 is 5.82 Å². The van der Waals surface area contributed by atoms with Crippen LogP contribution in [0.1, 0.15) is 33.2 Å². The third-order valence-corrected chi connectivity index (χ3v) is 5.06. The molecule has 4 nitrogen and oxygen atoms in total. The highest BCUT2D eigenvalue weighted by Crippen LogP contribution is 2.22. The SMILES string of the molecule is CCc1ccc(C(=O)NCCN(C(=O)c2ccccc2Cl)c2ccc(F)cc2)cc1. The zero-order chi connectivity index (χ0) is 21.5. The van der Waals surface area contributed by atoms with Crippen LogP contribution in [0.5, 0.6) is 0 Å². The summed E-state index contributed by atoms with van der Waals surface area (Å²) >= 11 is 6.19. The van der Waals surface area contributed by atoms with E-state index in [4.69, 9.17) is 11.6 Å². The highest BCUT2D eigenvalue weighted by molar-refractivity contribution is 6.34. The maximum absolute atomic E-state index is 13.4. The van der Waals surface area contributed by atoms with Crippen molar-refractivity contribution in [3.05, 3.63) is 100 Å². The molecule has 0 heterocycles. The van der Waals surface area contributed by atoms with Crippen LogP contribution < -0.4 is 10.2 Å².